The molecule has 1 saturated carbocycles. The summed E-state index contributed by atoms with van der Waals surface area (Å²) in [5.74, 6) is 0.440. The molecule has 1 saturated heterocycles. The van der Waals surface area contributed by atoms with Gasteiger partial charge in [-0.05, 0) is 48.6 Å². The second-order valence-corrected chi connectivity index (χ2v) is 5.68. The predicted octanol–water partition coefficient (Wildman–Crippen LogP) is 1.41. The normalized spacial score (nSPS) is 25.0. The van der Waals surface area contributed by atoms with Gasteiger partial charge in [0.25, 0.3) is 0 Å². The lowest BCUT2D eigenvalue weighted by Gasteiger charge is -2.48. The number of anilines is 1. The summed E-state index contributed by atoms with van der Waals surface area (Å²) in [7, 11) is 1.78. The van der Waals surface area contributed by atoms with Crippen LogP contribution in [0.25, 0.3) is 0 Å². The van der Waals surface area contributed by atoms with Gasteiger partial charge in [0.15, 0.2) is 0 Å². The Labute approximate surface area is 111 Å². The minimum absolute atomic E-state index is 0.0799. The van der Waals surface area contributed by atoms with Crippen molar-refractivity contribution in [3.63, 3.8) is 0 Å². The van der Waals surface area contributed by atoms with E-state index in [1.54, 1.807) is 11.6 Å². The van der Waals surface area contributed by atoms with Crippen LogP contribution in [-0.2, 0) is 7.05 Å². The number of hydrogen-bond donors (Lipinski definition) is 2. The molecule has 1 aliphatic heterocycles. The molecule has 2 fully saturated rings. The van der Waals surface area contributed by atoms with Crippen LogP contribution in [0, 0.1) is 10.1 Å². The Morgan fingerprint density at radius 1 is 1.63 bits per heavy atom. The van der Waals surface area contributed by atoms with Gasteiger partial charge in [0.05, 0.1) is 0 Å². The number of imidazole rings is 1. The third-order valence-corrected chi connectivity index (χ3v) is 4.37. The number of hydrogen-bond acceptors (Lipinski definition) is 5. The number of nitrogens with zero attached hydrogens (tertiary/aromatic N) is 3. The van der Waals surface area contributed by atoms with Gasteiger partial charge in [-0.25, -0.2) is 0 Å². The van der Waals surface area contributed by atoms with Gasteiger partial charge in [0.2, 0.25) is 12.1 Å². The third-order valence-electron chi connectivity index (χ3n) is 4.37. The van der Waals surface area contributed by atoms with E-state index in [0.29, 0.717) is 5.82 Å². The van der Waals surface area contributed by atoms with Gasteiger partial charge < -0.3 is 20.7 Å². The molecule has 1 aliphatic carbocycles. The summed E-state index contributed by atoms with van der Waals surface area (Å²) in [6, 6.07) is 0.288. The van der Waals surface area contributed by atoms with E-state index in [9.17, 15) is 10.1 Å². The highest BCUT2D eigenvalue weighted by atomic mass is 16.6. The number of rotatable bonds is 3. The summed E-state index contributed by atoms with van der Waals surface area (Å²) in [5.41, 5.74) is 0.281. The number of aryl methyl sites for hydroxylation is 1. The molecule has 2 aliphatic rings. The summed E-state index contributed by atoms with van der Waals surface area (Å²) in [4.78, 5) is 14.4. The van der Waals surface area contributed by atoms with E-state index < -0.39 is 4.92 Å². The molecule has 1 unspecified atom stereocenters. The Balaban J connectivity index is 1.74. The topological polar surface area (TPSA) is 85.0 Å². The molecule has 3 rings (SSSR count). The summed E-state index contributed by atoms with van der Waals surface area (Å²) in [6.07, 6.45) is 7.24. The minimum Gasteiger partial charge on any atom is -0.361 e. The van der Waals surface area contributed by atoms with Crippen LogP contribution in [0.2, 0.25) is 0 Å². The van der Waals surface area contributed by atoms with Crippen LogP contribution in [0.1, 0.15) is 32.1 Å². The predicted molar refractivity (Wildman–Crippen MR) is 71.1 cm³/mol. The molecule has 2 heterocycles. The molecule has 2 N–H and O–H groups in total. The summed E-state index contributed by atoms with van der Waals surface area (Å²) >= 11 is 0. The van der Waals surface area contributed by atoms with Crippen molar-refractivity contribution < 1.29 is 4.92 Å². The molecule has 0 amide bonds. The van der Waals surface area contributed by atoms with Crippen LogP contribution in [0.4, 0.5) is 11.6 Å². The standard InChI is InChI=1S/C12H19N5O2/c1-16-8-13-10(17(18)19)11(16)15-9-3-6-14-12(7-9)4-2-5-12/h8-9,14-15H,2-7H2,1H3. The van der Waals surface area contributed by atoms with Crippen molar-refractivity contribution in [1.82, 2.24) is 14.9 Å². The average Bonchev–Trinajstić information content (AvgIpc) is 2.70. The molecular formula is C12H19N5O2. The first kappa shape index (κ1) is 12.4. The molecule has 0 aromatic carbocycles. The lowest BCUT2D eigenvalue weighted by molar-refractivity contribution is -0.388. The molecule has 7 nitrogen and oxygen atoms in total. The smallest absolute Gasteiger partial charge is 0.361 e. The van der Waals surface area contributed by atoms with Gasteiger partial charge in [0, 0.05) is 18.6 Å². The van der Waals surface area contributed by atoms with Crippen molar-refractivity contribution in [3.05, 3.63) is 16.4 Å². The zero-order chi connectivity index (χ0) is 13.5. The fraction of sp³-hybridized carbons (Fsp3) is 0.750. The Bertz CT molecular complexity index is 494. The van der Waals surface area contributed by atoms with Crippen LogP contribution in [-0.4, -0.2) is 32.6 Å². The van der Waals surface area contributed by atoms with E-state index in [-0.39, 0.29) is 17.4 Å². The van der Waals surface area contributed by atoms with E-state index in [1.165, 1.54) is 25.6 Å². The molecule has 19 heavy (non-hydrogen) atoms. The van der Waals surface area contributed by atoms with Gasteiger partial charge in [-0.15, -0.1) is 0 Å². The maximum atomic E-state index is 10.9. The monoisotopic (exact) mass is 265 g/mol. The second kappa shape index (κ2) is 4.48. The minimum atomic E-state index is -0.428. The first-order valence-corrected chi connectivity index (χ1v) is 6.77. The van der Waals surface area contributed by atoms with Gasteiger partial charge in [-0.3, -0.25) is 4.57 Å². The zero-order valence-electron chi connectivity index (χ0n) is 11.1. The highest BCUT2D eigenvalue weighted by Gasteiger charge is 2.41. The first-order valence-electron chi connectivity index (χ1n) is 6.77. The van der Waals surface area contributed by atoms with Crippen molar-refractivity contribution in [1.29, 1.82) is 0 Å². The van der Waals surface area contributed by atoms with E-state index in [1.807, 2.05) is 0 Å². The maximum absolute atomic E-state index is 10.9. The Morgan fingerprint density at radius 3 is 3.05 bits per heavy atom. The number of nitro groups is 1. The van der Waals surface area contributed by atoms with Gasteiger partial charge in [0.1, 0.15) is 0 Å². The lowest BCUT2D eigenvalue weighted by atomic mass is 9.70. The van der Waals surface area contributed by atoms with Crippen molar-refractivity contribution in [2.75, 3.05) is 11.9 Å². The zero-order valence-corrected chi connectivity index (χ0v) is 11.1. The number of nitrogens with one attached hydrogen (secondary N) is 2. The van der Waals surface area contributed by atoms with Crippen molar-refractivity contribution in [2.24, 2.45) is 7.05 Å². The highest BCUT2D eigenvalue weighted by Crippen LogP contribution is 2.39. The average molecular weight is 265 g/mol. The Kier molecular flexibility index (Phi) is 2.93. The Morgan fingerprint density at radius 2 is 2.42 bits per heavy atom. The fourth-order valence-corrected chi connectivity index (χ4v) is 3.18. The van der Waals surface area contributed by atoms with Gasteiger partial charge in [-0.1, -0.05) is 0 Å². The van der Waals surface area contributed by atoms with Crippen molar-refractivity contribution in [3.8, 4) is 0 Å². The van der Waals surface area contributed by atoms with E-state index in [0.717, 1.165) is 19.4 Å². The van der Waals surface area contributed by atoms with Crippen LogP contribution in [0.5, 0.6) is 0 Å². The van der Waals surface area contributed by atoms with E-state index >= 15 is 0 Å². The van der Waals surface area contributed by atoms with Crippen molar-refractivity contribution in [2.45, 2.75) is 43.7 Å². The molecule has 1 atom stereocenters. The third kappa shape index (κ3) is 2.18. The molecule has 7 heteroatoms. The quantitative estimate of drug-likeness (QED) is 0.637. The molecule has 0 radical (unpaired) electrons. The van der Waals surface area contributed by atoms with Crippen LogP contribution in [0.3, 0.4) is 0 Å². The first-order chi connectivity index (χ1) is 9.10. The highest BCUT2D eigenvalue weighted by molar-refractivity contribution is 5.52. The van der Waals surface area contributed by atoms with Gasteiger partial charge in [-0.2, -0.15) is 0 Å². The molecule has 1 spiro atoms. The van der Waals surface area contributed by atoms with Crippen molar-refractivity contribution >= 4 is 11.6 Å². The van der Waals surface area contributed by atoms with E-state index in [2.05, 4.69) is 15.6 Å². The summed E-state index contributed by atoms with van der Waals surface area (Å²) in [6.45, 7) is 0.976. The SMILES string of the molecule is Cn1cnc([N+](=O)[O-])c1NC1CCNC2(CCC2)C1. The van der Waals surface area contributed by atoms with Gasteiger partial charge >= 0.3 is 5.82 Å². The summed E-state index contributed by atoms with van der Waals surface area (Å²) < 4.78 is 1.69. The summed E-state index contributed by atoms with van der Waals surface area (Å²) in [5, 5.41) is 17.9. The maximum Gasteiger partial charge on any atom is 0.406 e. The molecule has 0 bridgehead atoms. The van der Waals surface area contributed by atoms with Crippen LogP contribution < -0.4 is 10.6 Å². The Hall–Kier alpha value is -1.63. The fourth-order valence-electron chi connectivity index (χ4n) is 3.18. The molecule has 104 valence electrons. The molecule has 1 aromatic rings. The number of piperidine rings is 1. The van der Waals surface area contributed by atoms with Crippen LogP contribution >= 0.6 is 0 Å². The second-order valence-electron chi connectivity index (χ2n) is 5.68. The van der Waals surface area contributed by atoms with Crippen LogP contribution in [0.15, 0.2) is 6.33 Å². The largest absolute Gasteiger partial charge is 0.406 e. The lowest BCUT2D eigenvalue weighted by Crippen LogP contribution is -2.58. The number of aromatic nitrogens is 2. The molecular weight excluding hydrogens is 246 g/mol. The molecule has 1 aromatic heterocycles. The van der Waals surface area contributed by atoms with E-state index in [4.69, 9.17) is 0 Å².